The second-order valence-electron chi connectivity index (χ2n) is 4.24. The molecule has 1 aliphatic heterocycles. The van der Waals surface area contributed by atoms with Crippen LogP contribution in [0.15, 0.2) is 30.7 Å². The number of piperidine rings is 1. The minimum Gasteiger partial charge on any atom is -0.317 e. The highest BCUT2D eigenvalue weighted by atomic mass is 15.3. The van der Waals surface area contributed by atoms with E-state index in [1.165, 1.54) is 5.69 Å². The molecule has 3 heterocycles. The third kappa shape index (κ3) is 2.06. The Morgan fingerprint density at radius 1 is 1.12 bits per heavy atom. The van der Waals surface area contributed by atoms with Gasteiger partial charge in [0.2, 0.25) is 0 Å². The molecule has 0 aromatic carbocycles. The molecule has 0 saturated carbocycles. The second kappa shape index (κ2) is 4.63. The minimum absolute atomic E-state index is 0.558. The van der Waals surface area contributed by atoms with Crippen molar-refractivity contribution in [2.45, 2.75) is 18.8 Å². The summed E-state index contributed by atoms with van der Waals surface area (Å²) in [4.78, 5) is 8.50. The van der Waals surface area contributed by atoms with Crippen molar-refractivity contribution in [3.8, 4) is 5.95 Å². The van der Waals surface area contributed by atoms with Crippen LogP contribution in [0.3, 0.4) is 0 Å². The molecule has 1 N–H and O–H groups in total. The van der Waals surface area contributed by atoms with Crippen LogP contribution in [0.25, 0.3) is 5.95 Å². The van der Waals surface area contributed by atoms with Gasteiger partial charge in [0.25, 0.3) is 5.95 Å². The van der Waals surface area contributed by atoms with Crippen molar-refractivity contribution in [3.05, 3.63) is 36.4 Å². The maximum absolute atomic E-state index is 4.33. The van der Waals surface area contributed by atoms with E-state index < -0.39 is 0 Å². The third-order valence-corrected chi connectivity index (χ3v) is 3.17. The Morgan fingerprint density at radius 2 is 1.88 bits per heavy atom. The number of hydrogen-bond donors (Lipinski definition) is 1. The summed E-state index contributed by atoms with van der Waals surface area (Å²) in [7, 11) is 0. The molecule has 1 saturated heterocycles. The van der Waals surface area contributed by atoms with E-state index >= 15 is 0 Å². The fourth-order valence-corrected chi connectivity index (χ4v) is 2.31. The summed E-state index contributed by atoms with van der Waals surface area (Å²) in [5, 5.41) is 7.71. The molecule has 0 spiro atoms. The Balaban J connectivity index is 1.93. The van der Waals surface area contributed by atoms with Crippen LogP contribution >= 0.6 is 0 Å². The number of nitrogens with zero attached hydrogens (tertiary/aromatic N) is 4. The molecule has 0 amide bonds. The number of aromatic nitrogens is 4. The van der Waals surface area contributed by atoms with Crippen LogP contribution in [0.1, 0.15) is 24.5 Å². The average molecular weight is 229 g/mol. The first-order valence-electron chi connectivity index (χ1n) is 5.97. The first-order chi connectivity index (χ1) is 8.45. The highest BCUT2D eigenvalue weighted by molar-refractivity contribution is 5.19. The van der Waals surface area contributed by atoms with E-state index in [1.807, 2.05) is 16.9 Å². The van der Waals surface area contributed by atoms with Crippen molar-refractivity contribution >= 4 is 0 Å². The lowest BCUT2D eigenvalue weighted by atomic mass is 9.95. The van der Waals surface area contributed by atoms with Crippen molar-refractivity contribution in [2.24, 2.45) is 0 Å². The molecule has 1 fully saturated rings. The van der Waals surface area contributed by atoms with Crippen molar-refractivity contribution in [3.63, 3.8) is 0 Å². The molecule has 0 radical (unpaired) electrons. The van der Waals surface area contributed by atoms with Crippen LogP contribution in [0.2, 0.25) is 0 Å². The molecule has 3 rings (SSSR count). The Bertz CT molecular complexity index is 473. The lowest BCUT2D eigenvalue weighted by Gasteiger charge is -2.22. The van der Waals surface area contributed by atoms with Crippen molar-refractivity contribution in [2.75, 3.05) is 13.1 Å². The molecule has 5 nitrogen and oxygen atoms in total. The van der Waals surface area contributed by atoms with E-state index in [9.17, 15) is 0 Å². The number of hydrogen-bond acceptors (Lipinski definition) is 4. The van der Waals surface area contributed by atoms with E-state index in [0.717, 1.165) is 25.9 Å². The lowest BCUT2D eigenvalue weighted by molar-refractivity contribution is 0.444. The number of nitrogens with one attached hydrogen (secondary N) is 1. The SMILES string of the molecule is c1cnc(-n2nccc2C2CCNCC2)nc1. The molecular weight excluding hydrogens is 214 g/mol. The smallest absolute Gasteiger partial charge is 0.250 e. The minimum atomic E-state index is 0.558. The summed E-state index contributed by atoms with van der Waals surface area (Å²) in [6.07, 6.45) is 7.62. The van der Waals surface area contributed by atoms with Gasteiger partial charge in [-0.05, 0) is 38.1 Å². The maximum Gasteiger partial charge on any atom is 0.250 e. The molecule has 17 heavy (non-hydrogen) atoms. The van der Waals surface area contributed by atoms with E-state index in [0.29, 0.717) is 11.9 Å². The molecule has 5 heteroatoms. The van der Waals surface area contributed by atoms with Crippen LogP contribution < -0.4 is 5.32 Å². The molecule has 0 aliphatic carbocycles. The zero-order valence-electron chi connectivity index (χ0n) is 9.58. The number of rotatable bonds is 2. The van der Waals surface area contributed by atoms with E-state index in [2.05, 4.69) is 26.4 Å². The van der Waals surface area contributed by atoms with Crippen molar-refractivity contribution in [1.29, 1.82) is 0 Å². The summed E-state index contributed by atoms with van der Waals surface area (Å²) in [5.74, 6) is 1.22. The molecule has 0 unspecified atom stereocenters. The average Bonchev–Trinajstić information content (AvgIpc) is 2.90. The highest BCUT2D eigenvalue weighted by Crippen LogP contribution is 2.25. The molecule has 2 aromatic rings. The van der Waals surface area contributed by atoms with Gasteiger partial charge in [0.05, 0.1) is 5.69 Å². The van der Waals surface area contributed by atoms with E-state index in [-0.39, 0.29) is 0 Å². The van der Waals surface area contributed by atoms with Crippen LogP contribution in [0.5, 0.6) is 0 Å². The molecule has 2 aromatic heterocycles. The van der Waals surface area contributed by atoms with E-state index in [4.69, 9.17) is 0 Å². The summed E-state index contributed by atoms with van der Waals surface area (Å²) in [6.45, 7) is 2.15. The van der Waals surface area contributed by atoms with Gasteiger partial charge in [-0.25, -0.2) is 14.6 Å². The highest BCUT2D eigenvalue weighted by Gasteiger charge is 2.20. The van der Waals surface area contributed by atoms with Crippen LogP contribution in [0.4, 0.5) is 0 Å². The van der Waals surface area contributed by atoms with Crippen LogP contribution in [0, 0.1) is 0 Å². The summed E-state index contributed by atoms with van der Waals surface area (Å²) < 4.78 is 1.86. The maximum atomic E-state index is 4.33. The molecule has 0 atom stereocenters. The predicted molar refractivity (Wildman–Crippen MR) is 64.0 cm³/mol. The molecule has 1 aliphatic rings. The predicted octanol–water partition coefficient (Wildman–Crippen LogP) is 1.13. The third-order valence-electron chi connectivity index (χ3n) is 3.17. The second-order valence-corrected chi connectivity index (χ2v) is 4.24. The largest absolute Gasteiger partial charge is 0.317 e. The van der Waals surface area contributed by atoms with Gasteiger partial charge in [-0.1, -0.05) is 0 Å². The van der Waals surface area contributed by atoms with Gasteiger partial charge in [-0.2, -0.15) is 5.10 Å². The molecular formula is C12H15N5. The zero-order valence-corrected chi connectivity index (χ0v) is 9.58. The summed E-state index contributed by atoms with van der Waals surface area (Å²) in [6, 6.07) is 3.89. The van der Waals surface area contributed by atoms with E-state index in [1.54, 1.807) is 12.4 Å². The monoisotopic (exact) mass is 229 g/mol. The van der Waals surface area contributed by atoms with Gasteiger partial charge in [-0.3, -0.25) is 0 Å². The lowest BCUT2D eigenvalue weighted by Crippen LogP contribution is -2.27. The standard InChI is InChI=1S/C12H15N5/c1-5-14-12(15-6-1)17-11(4-9-16-17)10-2-7-13-8-3-10/h1,4-6,9-10,13H,2-3,7-8H2. The Kier molecular flexibility index (Phi) is 2.83. The molecule has 88 valence electrons. The Labute approximate surface area is 99.9 Å². The Hall–Kier alpha value is -1.75. The summed E-state index contributed by atoms with van der Waals surface area (Å²) in [5.41, 5.74) is 1.22. The fraction of sp³-hybridized carbons (Fsp3) is 0.417. The quantitative estimate of drug-likeness (QED) is 0.838. The first kappa shape index (κ1) is 10.4. The van der Waals surface area contributed by atoms with Gasteiger partial charge in [0, 0.05) is 24.5 Å². The van der Waals surface area contributed by atoms with Gasteiger partial charge in [0.1, 0.15) is 0 Å². The normalized spacial score (nSPS) is 17.2. The Morgan fingerprint density at radius 3 is 2.65 bits per heavy atom. The van der Waals surface area contributed by atoms with Gasteiger partial charge in [-0.15, -0.1) is 0 Å². The fourth-order valence-electron chi connectivity index (χ4n) is 2.31. The topological polar surface area (TPSA) is 55.6 Å². The first-order valence-corrected chi connectivity index (χ1v) is 5.97. The zero-order chi connectivity index (χ0) is 11.5. The summed E-state index contributed by atoms with van der Waals surface area (Å²) >= 11 is 0. The van der Waals surface area contributed by atoms with Crippen LogP contribution in [-0.4, -0.2) is 32.8 Å². The van der Waals surface area contributed by atoms with Gasteiger partial charge >= 0.3 is 0 Å². The van der Waals surface area contributed by atoms with Gasteiger partial charge in [0.15, 0.2) is 0 Å². The molecule has 0 bridgehead atoms. The van der Waals surface area contributed by atoms with Crippen molar-refractivity contribution < 1.29 is 0 Å². The van der Waals surface area contributed by atoms with Gasteiger partial charge < -0.3 is 5.32 Å². The van der Waals surface area contributed by atoms with Crippen molar-refractivity contribution in [1.82, 2.24) is 25.1 Å². The van der Waals surface area contributed by atoms with Crippen LogP contribution in [-0.2, 0) is 0 Å².